The van der Waals surface area contributed by atoms with Crippen molar-refractivity contribution >= 4 is 12.0 Å². The molecule has 0 fully saturated rings. The van der Waals surface area contributed by atoms with E-state index in [1.807, 2.05) is 36.4 Å². The number of carbonyl (C=O) groups excluding carboxylic acids is 1. The maximum Gasteiger partial charge on any atom is 0.244 e. The molecule has 3 rings (SSSR count). The summed E-state index contributed by atoms with van der Waals surface area (Å²) in [5.41, 5.74) is 2.94. The lowest BCUT2D eigenvalue weighted by atomic mass is 10.1. The molecular formula is C17H16N2O2. The average Bonchev–Trinajstić information content (AvgIpc) is 2.82. The van der Waals surface area contributed by atoms with Crippen LogP contribution >= 0.6 is 0 Å². The van der Waals surface area contributed by atoms with Crippen molar-refractivity contribution in [1.29, 1.82) is 0 Å². The van der Waals surface area contributed by atoms with Gasteiger partial charge in [0.05, 0.1) is 12.1 Å². The molecule has 4 nitrogen and oxygen atoms in total. The van der Waals surface area contributed by atoms with Gasteiger partial charge in [-0.2, -0.15) is 0 Å². The van der Waals surface area contributed by atoms with Crippen molar-refractivity contribution in [2.75, 3.05) is 0 Å². The van der Waals surface area contributed by atoms with E-state index in [2.05, 4.69) is 10.3 Å². The number of rotatable bonds is 3. The summed E-state index contributed by atoms with van der Waals surface area (Å²) < 4.78 is 0. The van der Waals surface area contributed by atoms with Crippen LogP contribution in [0, 0.1) is 0 Å². The molecule has 0 spiro atoms. The van der Waals surface area contributed by atoms with Crippen LogP contribution in [0.3, 0.4) is 0 Å². The van der Waals surface area contributed by atoms with E-state index in [1.54, 1.807) is 18.5 Å². The van der Waals surface area contributed by atoms with E-state index in [0.717, 1.165) is 16.7 Å². The van der Waals surface area contributed by atoms with Crippen LogP contribution in [0.4, 0.5) is 0 Å². The van der Waals surface area contributed by atoms with Crippen LogP contribution in [0.5, 0.6) is 0 Å². The highest BCUT2D eigenvalue weighted by Crippen LogP contribution is 2.31. The van der Waals surface area contributed by atoms with Gasteiger partial charge in [0.2, 0.25) is 5.91 Å². The zero-order valence-electron chi connectivity index (χ0n) is 11.4. The first-order valence-electron chi connectivity index (χ1n) is 6.88. The summed E-state index contributed by atoms with van der Waals surface area (Å²) in [6.45, 7) is 0. The van der Waals surface area contributed by atoms with Gasteiger partial charge < -0.3 is 10.4 Å². The number of fused-ring (bicyclic) bond motifs is 1. The van der Waals surface area contributed by atoms with Crippen molar-refractivity contribution < 1.29 is 9.90 Å². The van der Waals surface area contributed by atoms with E-state index >= 15 is 0 Å². The Labute approximate surface area is 123 Å². The molecule has 1 amide bonds. The Morgan fingerprint density at radius 1 is 1.29 bits per heavy atom. The van der Waals surface area contributed by atoms with Crippen molar-refractivity contribution in [3.05, 3.63) is 71.6 Å². The number of nitrogens with zero attached hydrogens (tertiary/aromatic N) is 1. The summed E-state index contributed by atoms with van der Waals surface area (Å²) in [5.74, 6) is -0.223. The maximum atomic E-state index is 12.0. The summed E-state index contributed by atoms with van der Waals surface area (Å²) in [7, 11) is 0. The number of benzene rings is 1. The third kappa shape index (κ3) is 3.01. The van der Waals surface area contributed by atoms with Crippen molar-refractivity contribution in [3.8, 4) is 0 Å². The number of pyridine rings is 1. The largest absolute Gasteiger partial charge is 0.390 e. The number of aliphatic hydroxyl groups is 1. The number of nitrogens with one attached hydrogen (secondary N) is 1. The minimum absolute atomic E-state index is 0.223. The van der Waals surface area contributed by atoms with Crippen LogP contribution in [-0.4, -0.2) is 22.1 Å². The van der Waals surface area contributed by atoms with Crippen LogP contribution in [0.2, 0.25) is 0 Å². The molecule has 2 atom stereocenters. The highest BCUT2D eigenvalue weighted by molar-refractivity contribution is 5.92. The molecular weight excluding hydrogens is 264 g/mol. The molecule has 0 saturated heterocycles. The molecule has 2 aromatic rings. The Kier molecular flexibility index (Phi) is 3.79. The lowest BCUT2D eigenvalue weighted by molar-refractivity contribution is -0.117. The molecule has 0 unspecified atom stereocenters. The highest BCUT2D eigenvalue weighted by atomic mass is 16.3. The lowest BCUT2D eigenvalue weighted by Gasteiger charge is -2.16. The Morgan fingerprint density at radius 3 is 2.95 bits per heavy atom. The molecule has 1 aliphatic carbocycles. The van der Waals surface area contributed by atoms with Gasteiger partial charge in [0, 0.05) is 24.9 Å². The predicted octanol–water partition coefficient (Wildman–Crippen LogP) is 1.87. The molecule has 0 bridgehead atoms. The number of hydrogen-bond acceptors (Lipinski definition) is 3. The second-order valence-electron chi connectivity index (χ2n) is 5.08. The lowest BCUT2D eigenvalue weighted by Crippen LogP contribution is -2.32. The van der Waals surface area contributed by atoms with Crippen molar-refractivity contribution in [2.45, 2.75) is 18.6 Å². The van der Waals surface area contributed by atoms with E-state index in [4.69, 9.17) is 0 Å². The first-order valence-corrected chi connectivity index (χ1v) is 6.88. The fourth-order valence-corrected chi connectivity index (χ4v) is 2.60. The second-order valence-corrected chi connectivity index (χ2v) is 5.08. The molecule has 4 heteroatoms. The van der Waals surface area contributed by atoms with Crippen LogP contribution in [-0.2, 0) is 11.2 Å². The molecule has 1 heterocycles. The summed E-state index contributed by atoms with van der Waals surface area (Å²) >= 11 is 0. The SMILES string of the molecule is O=C(/C=C/c1cccnc1)N[C@@H]1c2ccccc2C[C@@H]1O. The predicted molar refractivity (Wildman–Crippen MR) is 80.3 cm³/mol. The number of aliphatic hydroxyl groups excluding tert-OH is 1. The number of aromatic nitrogens is 1. The van der Waals surface area contributed by atoms with Crippen molar-refractivity contribution in [2.24, 2.45) is 0 Å². The van der Waals surface area contributed by atoms with Gasteiger partial charge in [-0.1, -0.05) is 30.3 Å². The summed E-state index contributed by atoms with van der Waals surface area (Å²) in [4.78, 5) is 16.0. The molecule has 1 aliphatic rings. The Hall–Kier alpha value is -2.46. The van der Waals surface area contributed by atoms with E-state index < -0.39 is 6.10 Å². The quantitative estimate of drug-likeness (QED) is 0.844. The highest BCUT2D eigenvalue weighted by Gasteiger charge is 2.31. The van der Waals surface area contributed by atoms with E-state index in [1.165, 1.54) is 6.08 Å². The summed E-state index contributed by atoms with van der Waals surface area (Å²) in [6.07, 6.45) is 6.54. The van der Waals surface area contributed by atoms with Crippen LogP contribution in [0.1, 0.15) is 22.7 Å². The molecule has 1 aromatic heterocycles. The molecule has 21 heavy (non-hydrogen) atoms. The Morgan fingerprint density at radius 2 is 2.14 bits per heavy atom. The zero-order valence-corrected chi connectivity index (χ0v) is 11.4. The van der Waals surface area contributed by atoms with Crippen molar-refractivity contribution in [1.82, 2.24) is 10.3 Å². The Balaban J connectivity index is 1.69. The topological polar surface area (TPSA) is 62.2 Å². The third-order valence-electron chi connectivity index (χ3n) is 3.61. The normalized spacial score (nSPS) is 20.4. The number of carbonyl (C=O) groups is 1. The molecule has 2 N–H and O–H groups in total. The smallest absolute Gasteiger partial charge is 0.244 e. The van der Waals surface area contributed by atoms with Crippen LogP contribution < -0.4 is 5.32 Å². The molecule has 106 valence electrons. The number of amides is 1. The number of hydrogen-bond donors (Lipinski definition) is 2. The first-order chi connectivity index (χ1) is 10.2. The standard InChI is InChI=1S/C17H16N2O2/c20-15-10-13-5-1-2-6-14(13)17(15)19-16(21)8-7-12-4-3-9-18-11-12/h1-9,11,15,17,20H,10H2,(H,19,21)/b8-7+/t15-,17+/m0/s1. The van der Waals surface area contributed by atoms with E-state index in [-0.39, 0.29) is 11.9 Å². The van der Waals surface area contributed by atoms with Gasteiger partial charge in [-0.05, 0) is 28.8 Å². The summed E-state index contributed by atoms with van der Waals surface area (Å²) in [6, 6.07) is 11.1. The first kappa shape index (κ1) is 13.5. The fourth-order valence-electron chi connectivity index (χ4n) is 2.60. The summed E-state index contributed by atoms with van der Waals surface area (Å²) in [5, 5.41) is 13.0. The maximum absolute atomic E-state index is 12.0. The minimum Gasteiger partial charge on any atom is -0.390 e. The molecule has 0 aliphatic heterocycles. The van der Waals surface area contributed by atoms with Gasteiger partial charge >= 0.3 is 0 Å². The molecule has 0 saturated carbocycles. The monoisotopic (exact) mass is 280 g/mol. The fraction of sp³-hybridized carbons (Fsp3) is 0.176. The molecule has 0 radical (unpaired) electrons. The van der Waals surface area contributed by atoms with Crippen LogP contribution in [0.25, 0.3) is 6.08 Å². The Bertz CT molecular complexity index is 668. The second kappa shape index (κ2) is 5.89. The van der Waals surface area contributed by atoms with E-state index in [0.29, 0.717) is 6.42 Å². The van der Waals surface area contributed by atoms with Gasteiger partial charge in [-0.15, -0.1) is 0 Å². The molecule has 1 aromatic carbocycles. The average molecular weight is 280 g/mol. The zero-order chi connectivity index (χ0) is 14.7. The third-order valence-corrected chi connectivity index (χ3v) is 3.61. The van der Waals surface area contributed by atoms with Gasteiger partial charge in [-0.3, -0.25) is 9.78 Å². The van der Waals surface area contributed by atoms with Crippen LogP contribution in [0.15, 0.2) is 54.9 Å². The van der Waals surface area contributed by atoms with Gasteiger partial charge in [0.25, 0.3) is 0 Å². The van der Waals surface area contributed by atoms with Gasteiger partial charge in [-0.25, -0.2) is 0 Å². The van der Waals surface area contributed by atoms with Gasteiger partial charge in [0.1, 0.15) is 0 Å². The van der Waals surface area contributed by atoms with E-state index in [9.17, 15) is 9.90 Å². The van der Waals surface area contributed by atoms with Gasteiger partial charge in [0.15, 0.2) is 0 Å². The van der Waals surface area contributed by atoms with Crippen molar-refractivity contribution in [3.63, 3.8) is 0 Å². The minimum atomic E-state index is -0.571.